The summed E-state index contributed by atoms with van der Waals surface area (Å²) in [4.78, 5) is 19.1. The molecule has 0 unspecified atom stereocenters. The zero-order valence-corrected chi connectivity index (χ0v) is 14.9. The fourth-order valence-electron chi connectivity index (χ4n) is 4.04. The van der Waals surface area contributed by atoms with Gasteiger partial charge in [0.2, 0.25) is 0 Å². The maximum absolute atomic E-state index is 4.62. The van der Waals surface area contributed by atoms with E-state index < -0.39 is 0 Å². The van der Waals surface area contributed by atoms with Crippen LogP contribution in [-0.2, 0) is 6.42 Å². The molecular weight excluding hydrogens is 324 g/mol. The van der Waals surface area contributed by atoms with E-state index in [9.17, 15) is 0 Å². The summed E-state index contributed by atoms with van der Waals surface area (Å²) in [6.45, 7) is 5.10. The molecule has 0 aromatic carbocycles. The summed E-state index contributed by atoms with van der Waals surface area (Å²) in [7, 11) is 0. The summed E-state index contributed by atoms with van der Waals surface area (Å²) in [6, 6.07) is 4.13. The van der Waals surface area contributed by atoms with Crippen LogP contribution in [0.4, 0.5) is 11.6 Å². The first-order chi connectivity index (χ1) is 12.8. The molecule has 2 aliphatic rings. The molecule has 0 bridgehead atoms. The Morgan fingerprint density at radius 2 is 2.19 bits per heavy atom. The Morgan fingerprint density at radius 1 is 1.23 bits per heavy atom. The SMILES string of the molecule is C[C@H]1CNc2ncnc(N3CC=C(c4c[nH]c5ncccc45)CC3)c2C1. The van der Waals surface area contributed by atoms with Crippen molar-refractivity contribution < 1.29 is 0 Å². The van der Waals surface area contributed by atoms with Gasteiger partial charge in [0, 0.05) is 48.5 Å². The van der Waals surface area contributed by atoms with Crippen LogP contribution >= 0.6 is 0 Å². The number of rotatable bonds is 2. The molecule has 0 aliphatic carbocycles. The molecule has 132 valence electrons. The second kappa shape index (κ2) is 6.12. The highest BCUT2D eigenvalue weighted by atomic mass is 15.2. The number of nitrogens with zero attached hydrogens (tertiary/aromatic N) is 4. The van der Waals surface area contributed by atoms with Gasteiger partial charge in [-0.3, -0.25) is 0 Å². The average molecular weight is 346 g/mol. The second-order valence-corrected chi connectivity index (χ2v) is 7.24. The van der Waals surface area contributed by atoms with E-state index in [1.165, 1.54) is 22.1 Å². The van der Waals surface area contributed by atoms with E-state index in [-0.39, 0.29) is 0 Å². The summed E-state index contributed by atoms with van der Waals surface area (Å²) in [5.74, 6) is 2.71. The number of H-pyrrole nitrogens is 1. The quantitative estimate of drug-likeness (QED) is 0.745. The Labute approximate surface area is 152 Å². The van der Waals surface area contributed by atoms with Gasteiger partial charge in [-0.1, -0.05) is 13.0 Å². The molecule has 5 rings (SSSR count). The molecule has 3 aromatic heterocycles. The van der Waals surface area contributed by atoms with Crippen LogP contribution in [0.5, 0.6) is 0 Å². The molecule has 2 N–H and O–H groups in total. The van der Waals surface area contributed by atoms with Crippen LogP contribution in [0.25, 0.3) is 16.6 Å². The molecule has 26 heavy (non-hydrogen) atoms. The highest BCUT2D eigenvalue weighted by molar-refractivity contribution is 5.91. The van der Waals surface area contributed by atoms with Crippen LogP contribution in [0.1, 0.15) is 24.5 Å². The molecular formula is C20H22N6. The number of hydrogen-bond donors (Lipinski definition) is 2. The van der Waals surface area contributed by atoms with Crippen molar-refractivity contribution >= 4 is 28.2 Å². The lowest BCUT2D eigenvalue weighted by molar-refractivity contribution is 0.586. The number of pyridine rings is 1. The van der Waals surface area contributed by atoms with Crippen molar-refractivity contribution in [3.63, 3.8) is 0 Å². The van der Waals surface area contributed by atoms with Crippen molar-refractivity contribution in [3.05, 3.63) is 48.1 Å². The van der Waals surface area contributed by atoms with Crippen LogP contribution in [0.2, 0.25) is 0 Å². The van der Waals surface area contributed by atoms with Gasteiger partial charge in [-0.05, 0) is 36.5 Å². The lowest BCUT2D eigenvalue weighted by Crippen LogP contribution is -2.32. The van der Waals surface area contributed by atoms with Gasteiger partial charge >= 0.3 is 0 Å². The van der Waals surface area contributed by atoms with Crippen molar-refractivity contribution in [2.45, 2.75) is 19.8 Å². The third kappa shape index (κ3) is 2.53. The van der Waals surface area contributed by atoms with Crippen molar-refractivity contribution in [1.82, 2.24) is 19.9 Å². The van der Waals surface area contributed by atoms with E-state index in [4.69, 9.17) is 0 Å². The zero-order valence-electron chi connectivity index (χ0n) is 14.9. The smallest absolute Gasteiger partial charge is 0.137 e. The first-order valence-corrected chi connectivity index (χ1v) is 9.24. The number of aromatic nitrogens is 4. The van der Waals surface area contributed by atoms with Crippen molar-refractivity contribution in [3.8, 4) is 0 Å². The van der Waals surface area contributed by atoms with Crippen LogP contribution in [0, 0.1) is 5.92 Å². The maximum atomic E-state index is 4.62. The minimum Gasteiger partial charge on any atom is -0.369 e. The topological polar surface area (TPSA) is 69.7 Å². The molecule has 5 heterocycles. The molecule has 6 nitrogen and oxygen atoms in total. The Kier molecular flexibility index (Phi) is 3.62. The molecule has 0 fully saturated rings. The van der Waals surface area contributed by atoms with Gasteiger partial charge in [0.25, 0.3) is 0 Å². The lowest BCUT2D eigenvalue weighted by Gasteiger charge is -2.32. The standard InChI is InChI=1S/C20H22N6/c1-13-9-16-19(22-10-13)24-12-25-20(16)26-7-4-14(5-8-26)17-11-23-18-15(17)3-2-6-21-18/h2-4,6,11-13H,5,7-10H2,1H3,(H,21,23)(H,22,24,25)/t13-/m1/s1. The van der Waals surface area contributed by atoms with Gasteiger partial charge in [0.05, 0.1) is 0 Å². The fourth-order valence-corrected chi connectivity index (χ4v) is 4.04. The van der Waals surface area contributed by atoms with E-state index >= 15 is 0 Å². The number of fused-ring (bicyclic) bond motifs is 2. The molecule has 6 heteroatoms. The third-order valence-electron chi connectivity index (χ3n) is 5.40. The summed E-state index contributed by atoms with van der Waals surface area (Å²) in [5.41, 5.74) is 4.87. The first kappa shape index (κ1) is 15.4. The van der Waals surface area contributed by atoms with Gasteiger partial charge in [0.15, 0.2) is 0 Å². The van der Waals surface area contributed by atoms with E-state index in [0.717, 1.165) is 49.8 Å². The lowest BCUT2D eigenvalue weighted by atomic mass is 9.96. The highest BCUT2D eigenvalue weighted by Gasteiger charge is 2.24. The first-order valence-electron chi connectivity index (χ1n) is 9.24. The molecule has 1 atom stereocenters. The molecule has 0 saturated carbocycles. The van der Waals surface area contributed by atoms with Crippen LogP contribution in [0.15, 0.2) is 36.9 Å². The van der Waals surface area contributed by atoms with Crippen molar-refractivity contribution in [2.24, 2.45) is 5.92 Å². The van der Waals surface area contributed by atoms with Gasteiger partial charge in [-0.15, -0.1) is 0 Å². The van der Waals surface area contributed by atoms with Crippen molar-refractivity contribution in [1.29, 1.82) is 0 Å². The van der Waals surface area contributed by atoms with E-state index in [1.807, 2.05) is 12.3 Å². The Hall–Kier alpha value is -2.89. The normalized spacial score (nSPS) is 19.8. The molecule has 2 aliphatic heterocycles. The summed E-state index contributed by atoms with van der Waals surface area (Å²) >= 11 is 0. The number of aromatic amines is 1. The second-order valence-electron chi connectivity index (χ2n) is 7.24. The van der Waals surface area contributed by atoms with E-state index in [1.54, 1.807) is 6.33 Å². The Morgan fingerprint density at radius 3 is 3.08 bits per heavy atom. The molecule has 3 aromatic rings. The molecule has 0 amide bonds. The number of anilines is 2. The summed E-state index contributed by atoms with van der Waals surface area (Å²) < 4.78 is 0. The van der Waals surface area contributed by atoms with Gasteiger partial charge in [0.1, 0.15) is 23.6 Å². The van der Waals surface area contributed by atoms with Crippen LogP contribution in [-0.4, -0.2) is 39.6 Å². The Balaban J connectivity index is 1.44. The number of hydrogen-bond acceptors (Lipinski definition) is 5. The summed E-state index contributed by atoms with van der Waals surface area (Å²) in [5, 5.41) is 4.64. The highest BCUT2D eigenvalue weighted by Crippen LogP contribution is 2.33. The maximum Gasteiger partial charge on any atom is 0.137 e. The predicted molar refractivity (Wildman–Crippen MR) is 104 cm³/mol. The minimum absolute atomic E-state index is 0.613. The van der Waals surface area contributed by atoms with Crippen LogP contribution in [0.3, 0.4) is 0 Å². The average Bonchev–Trinajstić information content (AvgIpc) is 3.12. The minimum atomic E-state index is 0.613. The monoisotopic (exact) mass is 346 g/mol. The predicted octanol–water partition coefficient (Wildman–Crippen LogP) is 3.25. The van der Waals surface area contributed by atoms with Gasteiger partial charge in [-0.2, -0.15) is 0 Å². The molecule has 0 spiro atoms. The zero-order chi connectivity index (χ0) is 17.5. The van der Waals surface area contributed by atoms with E-state index in [2.05, 4.69) is 55.4 Å². The molecule has 0 radical (unpaired) electrons. The van der Waals surface area contributed by atoms with E-state index in [0.29, 0.717) is 5.92 Å². The largest absolute Gasteiger partial charge is 0.369 e. The summed E-state index contributed by atoms with van der Waals surface area (Å²) in [6.07, 6.45) is 9.96. The van der Waals surface area contributed by atoms with Crippen LogP contribution < -0.4 is 10.2 Å². The van der Waals surface area contributed by atoms with Gasteiger partial charge < -0.3 is 15.2 Å². The number of nitrogens with one attached hydrogen (secondary N) is 2. The fraction of sp³-hybridized carbons (Fsp3) is 0.350. The van der Waals surface area contributed by atoms with Gasteiger partial charge in [-0.25, -0.2) is 15.0 Å². The molecule has 0 saturated heterocycles. The third-order valence-corrected chi connectivity index (χ3v) is 5.40. The van der Waals surface area contributed by atoms with Crippen molar-refractivity contribution in [2.75, 3.05) is 29.9 Å². The Bertz CT molecular complexity index is 989.